The van der Waals surface area contributed by atoms with Crippen molar-refractivity contribution in [3.05, 3.63) is 11.9 Å². The molecule has 1 aromatic rings. The SMILES string of the molecule is CC(C)(C)NCc1cn(CCN2CCCCCCC2)nn1. The molecule has 1 saturated heterocycles. The molecular formula is C16H31N5. The van der Waals surface area contributed by atoms with Crippen LogP contribution < -0.4 is 5.32 Å². The summed E-state index contributed by atoms with van der Waals surface area (Å²) in [6, 6.07) is 0. The van der Waals surface area contributed by atoms with Crippen molar-refractivity contribution in [3.63, 3.8) is 0 Å². The van der Waals surface area contributed by atoms with Crippen molar-refractivity contribution < 1.29 is 0 Å². The molecule has 0 atom stereocenters. The van der Waals surface area contributed by atoms with Crippen LogP contribution in [0.25, 0.3) is 0 Å². The first kappa shape index (κ1) is 16.4. The highest BCUT2D eigenvalue weighted by atomic mass is 15.4. The molecule has 0 bridgehead atoms. The molecule has 0 amide bonds. The second-order valence-corrected chi connectivity index (χ2v) is 7.19. The quantitative estimate of drug-likeness (QED) is 0.906. The fourth-order valence-corrected chi connectivity index (χ4v) is 2.66. The third-order valence-electron chi connectivity index (χ3n) is 3.98. The Kier molecular flexibility index (Phi) is 6.18. The van der Waals surface area contributed by atoms with Crippen LogP contribution in [0.3, 0.4) is 0 Å². The van der Waals surface area contributed by atoms with Gasteiger partial charge in [0, 0.05) is 24.8 Å². The van der Waals surface area contributed by atoms with Gasteiger partial charge in [-0.05, 0) is 46.7 Å². The van der Waals surface area contributed by atoms with Crippen LogP contribution in [0.5, 0.6) is 0 Å². The van der Waals surface area contributed by atoms with Gasteiger partial charge in [0.25, 0.3) is 0 Å². The number of rotatable bonds is 5. The van der Waals surface area contributed by atoms with E-state index < -0.39 is 0 Å². The summed E-state index contributed by atoms with van der Waals surface area (Å²) < 4.78 is 1.98. The zero-order valence-electron chi connectivity index (χ0n) is 13.9. The summed E-state index contributed by atoms with van der Waals surface area (Å²) in [5.41, 5.74) is 1.14. The van der Waals surface area contributed by atoms with Crippen LogP contribution in [-0.4, -0.2) is 45.1 Å². The number of nitrogens with zero attached hydrogens (tertiary/aromatic N) is 4. The van der Waals surface area contributed by atoms with E-state index in [4.69, 9.17) is 0 Å². The van der Waals surface area contributed by atoms with Crippen molar-refractivity contribution >= 4 is 0 Å². The Hall–Kier alpha value is -0.940. The van der Waals surface area contributed by atoms with Gasteiger partial charge in [-0.3, -0.25) is 4.68 Å². The van der Waals surface area contributed by atoms with Crippen LogP contribution in [0.4, 0.5) is 0 Å². The highest BCUT2D eigenvalue weighted by Gasteiger charge is 2.11. The molecule has 0 aliphatic carbocycles. The summed E-state index contributed by atoms with van der Waals surface area (Å²) in [6.45, 7) is 11.8. The molecule has 1 aliphatic rings. The molecule has 0 saturated carbocycles. The fourth-order valence-electron chi connectivity index (χ4n) is 2.66. The Morgan fingerprint density at radius 2 is 1.71 bits per heavy atom. The lowest BCUT2D eigenvalue weighted by Gasteiger charge is -2.24. The number of hydrogen-bond acceptors (Lipinski definition) is 4. The lowest BCUT2D eigenvalue weighted by atomic mass is 10.1. The molecule has 2 heterocycles. The number of aromatic nitrogens is 3. The lowest BCUT2D eigenvalue weighted by molar-refractivity contribution is 0.235. The Morgan fingerprint density at radius 3 is 2.38 bits per heavy atom. The third-order valence-corrected chi connectivity index (χ3v) is 3.98. The predicted molar refractivity (Wildman–Crippen MR) is 86.1 cm³/mol. The zero-order chi connectivity index (χ0) is 15.1. The molecule has 1 fully saturated rings. The van der Waals surface area contributed by atoms with Crippen LogP contribution in [0.15, 0.2) is 6.20 Å². The number of likely N-dealkylation sites (tertiary alicyclic amines) is 1. The molecule has 1 aromatic heterocycles. The summed E-state index contributed by atoms with van der Waals surface area (Å²) >= 11 is 0. The van der Waals surface area contributed by atoms with E-state index in [-0.39, 0.29) is 5.54 Å². The van der Waals surface area contributed by atoms with Crippen molar-refractivity contribution in [2.45, 2.75) is 71.5 Å². The van der Waals surface area contributed by atoms with Gasteiger partial charge >= 0.3 is 0 Å². The standard InChI is InChI=1S/C16H31N5/c1-16(2,3)17-13-15-14-21(19-18-15)12-11-20-9-7-5-4-6-8-10-20/h14,17H,4-13H2,1-3H3. The molecule has 2 rings (SSSR count). The molecule has 5 heteroatoms. The van der Waals surface area contributed by atoms with E-state index in [1.54, 1.807) is 0 Å². The number of hydrogen-bond donors (Lipinski definition) is 1. The van der Waals surface area contributed by atoms with Gasteiger partial charge < -0.3 is 10.2 Å². The topological polar surface area (TPSA) is 46.0 Å². The minimum atomic E-state index is 0.119. The van der Waals surface area contributed by atoms with Crippen LogP contribution in [0.1, 0.15) is 58.6 Å². The van der Waals surface area contributed by atoms with Gasteiger partial charge in [0.1, 0.15) is 0 Å². The molecule has 0 aromatic carbocycles. The second-order valence-electron chi connectivity index (χ2n) is 7.19. The predicted octanol–water partition coefficient (Wildman–Crippen LogP) is 2.43. The summed E-state index contributed by atoms with van der Waals surface area (Å²) in [5.74, 6) is 0. The maximum Gasteiger partial charge on any atom is 0.0965 e. The first-order valence-electron chi connectivity index (χ1n) is 8.39. The average Bonchev–Trinajstić information content (AvgIpc) is 2.82. The van der Waals surface area contributed by atoms with E-state index in [1.807, 2.05) is 4.68 Å². The molecular weight excluding hydrogens is 262 g/mol. The molecule has 21 heavy (non-hydrogen) atoms. The van der Waals surface area contributed by atoms with Gasteiger partial charge in [-0.25, -0.2) is 0 Å². The second kappa shape index (κ2) is 7.90. The van der Waals surface area contributed by atoms with Crippen LogP contribution >= 0.6 is 0 Å². The minimum absolute atomic E-state index is 0.119. The van der Waals surface area contributed by atoms with E-state index in [9.17, 15) is 0 Å². The van der Waals surface area contributed by atoms with Crippen LogP contribution in [0, 0.1) is 0 Å². The molecule has 1 aliphatic heterocycles. The molecule has 120 valence electrons. The summed E-state index contributed by atoms with van der Waals surface area (Å²) in [7, 11) is 0. The normalized spacial score (nSPS) is 18.4. The van der Waals surface area contributed by atoms with E-state index in [0.29, 0.717) is 0 Å². The van der Waals surface area contributed by atoms with Crippen molar-refractivity contribution in [2.75, 3.05) is 19.6 Å². The lowest BCUT2D eigenvalue weighted by Crippen LogP contribution is -2.35. The van der Waals surface area contributed by atoms with Gasteiger partial charge in [-0.2, -0.15) is 0 Å². The molecule has 0 radical (unpaired) electrons. The Morgan fingerprint density at radius 1 is 1.05 bits per heavy atom. The summed E-state index contributed by atoms with van der Waals surface area (Å²) in [6.07, 6.45) is 8.96. The average molecular weight is 293 g/mol. The largest absolute Gasteiger partial charge is 0.306 e. The zero-order valence-corrected chi connectivity index (χ0v) is 13.9. The monoisotopic (exact) mass is 293 g/mol. The van der Waals surface area contributed by atoms with Crippen molar-refractivity contribution in [1.29, 1.82) is 0 Å². The molecule has 5 nitrogen and oxygen atoms in total. The van der Waals surface area contributed by atoms with Crippen molar-refractivity contribution in [1.82, 2.24) is 25.2 Å². The van der Waals surface area contributed by atoms with E-state index in [2.05, 4.69) is 47.5 Å². The summed E-state index contributed by atoms with van der Waals surface area (Å²) in [5, 5.41) is 11.9. The molecule has 1 N–H and O–H groups in total. The highest BCUT2D eigenvalue weighted by Crippen LogP contribution is 2.10. The molecule has 0 unspecified atom stereocenters. The van der Waals surface area contributed by atoms with E-state index >= 15 is 0 Å². The third kappa shape index (κ3) is 6.57. The van der Waals surface area contributed by atoms with Crippen LogP contribution in [0.2, 0.25) is 0 Å². The van der Waals surface area contributed by atoms with Gasteiger partial charge in [-0.15, -0.1) is 5.10 Å². The fraction of sp³-hybridized carbons (Fsp3) is 0.875. The van der Waals surface area contributed by atoms with Crippen molar-refractivity contribution in [2.24, 2.45) is 0 Å². The maximum absolute atomic E-state index is 4.25. The van der Waals surface area contributed by atoms with Gasteiger partial charge in [-0.1, -0.05) is 24.5 Å². The maximum atomic E-state index is 4.25. The van der Waals surface area contributed by atoms with Crippen LogP contribution in [-0.2, 0) is 13.1 Å². The summed E-state index contributed by atoms with van der Waals surface area (Å²) in [4.78, 5) is 2.58. The first-order valence-corrected chi connectivity index (χ1v) is 8.39. The Balaban J connectivity index is 1.74. The Bertz CT molecular complexity index is 399. The smallest absolute Gasteiger partial charge is 0.0965 e. The number of nitrogens with one attached hydrogen (secondary N) is 1. The van der Waals surface area contributed by atoms with Crippen molar-refractivity contribution in [3.8, 4) is 0 Å². The van der Waals surface area contributed by atoms with E-state index in [1.165, 1.54) is 45.2 Å². The first-order chi connectivity index (χ1) is 10.0. The van der Waals surface area contributed by atoms with E-state index in [0.717, 1.165) is 25.3 Å². The van der Waals surface area contributed by atoms with Gasteiger partial charge in [0.15, 0.2) is 0 Å². The Labute approximate surface area is 129 Å². The highest BCUT2D eigenvalue weighted by molar-refractivity contribution is 4.93. The molecule has 0 spiro atoms. The van der Waals surface area contributed by atoms with Gasteiger partial charge in [0.05, 0.1) is 12.2 Å². The minimum Gasteiger partial charge on any atom is -0.306 e. The van der Waals surface area contributed by atoms with Gasteiger partial charge in [0.2, 0.25) is 0 Å².